The molecule has 2 amide bonds. The lowest BCUT2D eigenvalue weighted by molar-refractivity contribution is 0.0559. The molecule has 0 atom stereocenters. The SMILES string of the molecule is Nc1ccc2c(c1)C(=O)N(C1CCCCCCC1)C2=O. The third-order valence-electron chi connectivity index (χ3n) is 4.38. The van der Waals surface area contributed by atoms with E-state index in [1.807, 2.05) is 0 Å². The first kappa shape index (κ1) is 13.2. The number of hydrogen-bond acceptors (Lipinski definition) is 3. The minimum Gasteiger partial charge on any atom is -0.399 e. The number of rotatable bonds is 1. The summed E-state index contributed by atoms with van der Waals surface area (Å²) in [7, 11) is 0. The molecule has 0 spiro atoms. The van der Waals surface area contributed by atoms with Crippen molar-refractivity contribution in [2.45, 2.75) is 51.0 Å². The number of carbonyl (C=O) groups excluding carboxylic acids is 2. The summed E-state index contributed by atoms with van der Waals surface area (Å²) < 4.78 is 0. The molecule has 106 valence electrons. The Morgan fingerprint density at radius 3 is 2.20 bits per heavy atom. The topological polar surface area (TPSA) is 63.4 Å². The molecule has 2 aliphatic rings. The van der Waals surface area contributed by atoms with E-state index in [4.69, 9.17) is 5.73 Å². The molecule has 20 heavy (non-hydrogen) atoms. The Hall–Kier alpha value is -1.84. The monoisotopic (exact) mass is 272 g/mol. The first-order chi connectivity index (χ1) is 9.68. The Morgan fingerprint density at radius 2 is 1.50 bits per heavy atom. The highest BCUT2D eigenvalue weighted by Gasteiger charge is 2.39. The second-order valence-corrected chi connectivity index (χ2v) is 5.78. The zero-order valence-electron chi connectivity index (χ0n) is 11.6. The van der Waals surface area contributed by atoms with Gasteiger partial charge in [-0.2, -0.15) is 0 Å². The van der Waals surface area contributed by atoms with Gasteiger partial charge in [0.2, 0.25) is 0 Å². The van der Waals surface area contributed by atoms with E-state index in [-0.39, 0.29) is 17.9 Å². The predicted octanol–water partition coefficient (Wildman–Crippen LogP) is 2.98. The molecule has 1 fully saturated rings. The number of nitrogens with two attached hydrogens (primary N) is 1. The molecule has 2 N–H and O–H groups in total. The van der Waals surface area contributed by atoms with Crippen LogP contribution in [0.25, 0.3) is 0 Å². The predicted molar refractivity (Wildman–Crippen MR) is 77.5 cm³/mol. The third-order valence-corrected chi connectivity index (χ3v) is 4.38. The van der Waals surface area contributed by atoms with Gasteiger partial charge in [-0.05, 0) is 31.0 Å². The van der Waals surface area contributed by atoms with E-state index < -0.39 is 0 Å². The zero-order valence-corrected chi connectivity index (χ0v) is 11.6. The number of amides is 2. The summed E-state index contributed by atoms with van der Waals surface area (Å²) in [6.45, 7) is 0. The Labute approximate surface area is 118 Å². The highest BCUT2D eigenvalue weighted by Crippen LogP contribution is 2.30. The molecule has 3 rings (SSSR count). The van der Waals surface area contributed by atoms with Crippen LogP contribution in [0, 0.1) is 0 Å². The van der Waals surface area contributed by atoms with Crippen molar-refractivity contribution >= 4 is 17.5 Å². The molecular formula is C16H20N2O2. The molecule has 0 unspecified atom stereocenters. The Kier molecular flexibility index (Phi) is 3.47. The first-order valence-electron chi connectivity index (χ1n) is 7.46. The van der Waals surface area contributed by atoms with Crippen LogP contribution in [0.1, 0.15) is 65.7 Å². The summed E-state index contributed by atoms with van der Waals surface area (Å²) in [6.07, 6.45) is 7.73. The van der Waals surface area contributed by atoms with Crippen molar-refractivity contribution in [2.75, 3.05) is 5.73 Å². The number of carbonyl (C=O) groups is 2. The van der Waals surface area contributed by atoms with Crippen LogP contribution < -0.4 is 5.73 Å². The van der Waals surface area contributed by atoms with Crippen molar-refractivity contribution in [3.63, 3.8) is 0 Å². The molecule has 0 bridgehead atoms. The van der Waals surface area contributed by atoms with Crippen molar-refractivity contribution in [1.29, 1.82) is 0 Å². The second kappa shape index (κ2) is 5.27. The van der Waals surface area contributed by atoms with Gasteiger partial charge in [-0.25, -0.2) is 0 Å². The number of nitrogens with zero attached hydrogens (tertiary/aromatic N) is 1. The highest BCUT2D eigenvalue weighted by molar-refractivity contribution is 6.21. The van der Waals surface area contributed by atoms with E-state index in [2.05, 4.69) is 0 Å². The minimum absolute atomic E-state index is 0.0592. The lowest BCUT2D eigenvalue weighted by Crippen LogP contribution is -2.40. The number of anilines is 1. The number of benzene rings is 1. The maximum Gasteiger partial charge on any atom is 0.261 e. The molecule has 0 saturated heterocycles. The van der Waals surface area contributed by atoms with E-state index in [1.54, 1.807) is 18.2 Å². The van der Waals surface area contributed by atoms with Crippen LogP contribution in [0.2, 0.25) is 0 Å². The van der Waals surface area contributed by atoms with Crippen LogP contribution in [0.5, 0.6) is 0 Å². The van der Waals surface area contributed by atoms with Gasteiger partial charge in [0.1, 0.15) is 0 Å². The molecule has 1 heterocycles. The largest absolute Gasteiger partial charge is 0.399 e. The standard InChI is InChI=1S/C16H20N2O2/c17-11-8-9-13-14(10-11)16(20)18(15(13)19)12-6-4-2-1-3-5-7-12/h8-10,12H,1-7,17H2. The van der Waals surface area contributed by atoms with Gasteiger partial charge < -0.3 is 5.73 Å². The van der Waals surface area contributed by atoms with Gasteiger partial charge in [0.05, 0.1) is 11.1 Å². The average molecular weight is 272 g/mol. The van der Waals surface area contributed by atoms with Gasteiger partial charge in [0, 0.05) is 11.7 Å². The van der Waals surface area contributed by atoms with Gasteiger partial charge in [-0.15, -0.1) is 0 Å². The second-order valence-electron chi connectivity index (χ2n) is 5.78. The molecular weight excluding hydrogens is 252 g/mol. The van der Waals surface area contributed by atoms with E-state index in [0.29, 0.717) is 16.8 Å². The highest BCUT2D eigenvalue weighted by atomic mass is 16.2. The Balaban J connectivity index is 1.88. The summed E-state index contributed by atoms with van der Waals surface area (Å²) in [6, 6.07) is 5.04. The van der Waals surface area contributed by atoms with Crippen LogP contribution in [0.4, 0.5) is 5.69 Å². The van der Waals surface area contributed by atoms with Gasteiger partial charge in [-0.1, -0.05) is 32.1 Å². The maximum atomic E-state index is 12.5. The van der Waals surface area contributed by atoms with E-state index in [0.717, 1.165) is 25.7 Å². The summed E-state index contributed by atoms with van der Waals surface area (Å²) >= 11 is 0. The van der Waals surface area contributed by atoms with Crippen molar-refractivity contribution in [1.82, 2.24) is 4.90 Å². The number of nitrogen functional groups attached to an aromatic ring is 1. The van der Waals surface area contributed by atoms with Crippen molar-refractivity contribution in [3.05, 3.63) is 29.3 Å². The van der Waals surface area contributed by atoms with Gasteiger partial charge >= 0.3 is 0 Å². The van der Waals surface area contributed by atoms with Crippen LogP contribution in [0.3, 0.4) is 0 Å². The molecule has 1 aliphatic carbocycles. The molecule has 1 aliphatic heterocycles. The number of hydrogen-bond donors (Lipinski definition) is 1. The normalized spacial score (nSPS) is 20.7. The molecule has 0 radical (unpaired) electrons. The molecule has 0 aromatic heterocycles. The summed E-state index contributed by atoms with van der Waals surface area (Å²) in [5.41, 5.74) is 7.23. The Bertz CT molecular complexity index is 545. The van der Waals surface area contributed by atoms with Gasteiger partial charge in [0.15, 0.2) is 0 Å². The van der Waals surface area contributed by atoms with Crippen molar-refractivity contribution < 1.29 is 9.59 Å². The molecule has 4 nitrogen and oxygen atoms in total. The molecule has 4 heteroatoms. The molecule has 1 aromatic carbocycles. The molecule has 1 aromatic rings. The summed E-state index contributed by atoms with van der Waals surface area (Å²) in [4.78, 5) is 26.5. The average Bonchev–Trinajstić information content (AvgIpc) is 2.62. The first-order valence-corrected chi connectivity index (χ1v) is 7.46. The fourth-order valence-corrected chi connectivity index (χ4v) is 3.30. The van der Waals surface area contributed by atoms with E-state index in [1.165, 1.54) is 24.2 Å². The van der Waals surface area contributed by atoms with Crippen LogP contribution in [-0.2, 0) is 0 Å². The third kappa shape index (κ3) is 2.19. The Morgan fingerprint density at radius 1 is 0.900 bits per heavy atom. The van der Waals surface area contributed by atoms with E-state index in [9.17, 15) is 9.59 Å². The van der Waals surface area contributed by atoms with Crippen LogP contribution in [0.15, 0.2) is 18.2 Å². The van der Waals surface area contributed by atoms with E-state index >= 15 is 0 Å². The summed E-state index contributed by atoms with van der Waals surface area (Å²) in [5, 5.41) is 0. The van der Waals surface area contributed by atoms with Gasteiger partial charge in [0.25, 0.3) is 11.8 Å². The van der Waals surface area contributed by atoms with Crippen LogP contribution in [-0.4, -0.2) is 22.8 Å². The summed E-state index contributed by atoms with van der Waals surface area (Å²) in [5.74, 6) is -0.307. The smallest absolute Gasteiger partial charge is 0.261 e. The lowest BCUT2D eigenvalue weighted by Gasteiger charge is -2.27. The van der Waals surface area contributed by atoms with Crippen molar-refractivity contribution in [2.24, 2.45) is 0 Å². The fraction of sp³-hybridized carbons (Fsp3) is 0.500. The number of fused-ring (bicyclic) bond motifs is 1. The fourth-order valence-electron chi connectivity index (χ4n) is 3.30. The van der Waals surface area contributed by atoms with Gasteiger partial charge in [-0.3, -0.25) is 14.5 Å². The quantitative estimate of drug-likeness (QED) is 0.631. The van der Waals surface area contributed by atoms with Crippen LogP contribution >= 0.6 is 0 Å². The zero-order chi connectivity index (χ0) is 14.1. The molecule has 1 saturated carbocycles. The minimum atomic E-state index is -0.164. The van der Waals surface area contributed by atoms with Crippen molar-refractivity contribution in [3.8, 4) is 0 Å². The maximum absolute atomic E-state index is 12.5. The number of imide groups is 1. The lowest BCUT2D eigenvalue weighted by atomic mass is 9.95.